The fraction of sp³-hybridized carbons (Fsp3) is 0.841. The number of rotatable bonds is 61. The Hall–Kier alpha value is -2.63. The maximum absolute atomic E-state index is 12.9. The normalized spacial score (nSPS) is 12.3. The first kappa shape index (κ1) is 72.4. The average Bonchev–Trinajstić information content (AvgIpc) is 3.41. The summed E-state index contributed by atoms with van der Waals surface area (Å²) in [4.78, 5) is 38.2. The molecule has 75 heavy (non-hydrogen) atoms. The van der Waals surface area contributed by atoms with Crippen molar-refractivity contribution in [3.63, 3.8) is 0 Å². The maximum Gasteiger partial charge on any atom is 0.306 e. The van der Waals surface area contributed by atoms with Crippen LogP contribution >= 0.6 is 0 Å². The highest BCUT2D eigenvalue weighted by Gasteiger charge is 2.19. The van der Waals surface area contributed by atoms with Gasteiger partial charge in [0.05, 0.1) is 0 Å². The molecule has 0 aromatic heterocycles. The molecule has 0 aromatic carbocycles. The van der Waals surface area contributed by atoms with Crippen molar-refractivity contribution in [1.29, 1.82) is 0 Å². The van der Waals surface area contributed by atoms with Gasteiger partial charge >= 0.3 is 17.9 Å². The molecule has 0 saturated carbocycles. The minimum atomic E-state index is -0.784. The van der Waals surface area contributed by atoms with Gasteiger partial charge in [-0.3, -0.25) is 14.4 Å². The molecular weight excluding hydrogens is 925 g/mol. The third-order valence-corrected chi connectivity index (χ3v) is 14.8. The molecule has 0 fully saturated rings. The third-order valence-electron chi connectivity index (χ3n) is 14.8. The zero-order valence-electron chi connectivity index (χ0n) is 50.3. The fourth-order valence-corrected chi connectivity index (χ4v) is 9.87. The minimum absolute atomic E-state index is 0.0797. The van der Waals surface area contributed by atoms with Gasteiger partial charge in [-0.15, -0.1) is 0 Å². The molecule has 0 aliphatic heterocycles. The summed E-state index contributed by atoms with van der Waals surface area (Å²) in [5, 5.41) is 0. The van der Waals surface area contributed by atoms with Crippen molar-refractivity contribution in [2.45, 2.75) is 361 Å². The molecule has 438 valence electrons. The molecule has 0 N–H and O–H groups in total. The average molecular weight is 1050 g/mol. The van der Waals surface area contributed by atoms with Gasteiger partial charge < -0.3 is 14.2 Å². The van der Waals surface area contributed by atoms with Crippen molar-refractivity contribution in [2.75, 3.05) is 13.2 Å². The lowest BCUT2D eigenvalue weighted by Gasteiger charge is -2.18. The molecule has 0 bridgehead atoms. The van der Waals surface area contributed by atoms with Gasteiger partial charge in [0.25, 0.3) is 0 Å². The number of ether oxygens (including phenoxy) is 3. The Bertz CT molecular complexity index is 1300. The van der Waals surface area contributed by atoms with Crippen molar-refractivity contribution in [1.82, 2.24) is 0 Å². The van der Waals surface area contributed by atoms with Crippen LogP contribution in [-0.4, -0.2) is 37.2 Å². The Morgan fingerprint density at radius 2 is 0.520 bits per heavy atom. The van der Waals surface area contributed by atoms with E-state index in [0.29, 0.717) is 19.3 Å². The van der Waals surface area contributed by atoms with Crippen molar-refractivity contribution < 1.29 is 28.6 Å². The number of unbranched alkanes of at least 4 members (excludes halogenated alkanes) is 42. The smallest absolute Gasteiger partial charge is 0.306 e. The highest BCUT2D eigenvalue weighted by molar-refractivity contribution is 5.71. The molecule has 1 unspecified atom stereocenters. The zero-order chi connectivity index (χ0) is 54.3. The number of hydrogen-bond donors (Lipinski definition) is 0. The highest BCUT2D eigenvalue weighted by atomic mass is 16.6. The van der Waals surface area contributed by atoms with Gasteiger partial charge in [-0.1, -0.05) is 307 Å². The SMILES string of the molecule is CC/C=C\C/C=C\C/C=C\CCCCCCCC(=O)OC(COC(=O)CCCCCCC/C=C\CCCCC)COC(=O)CCCCCCCCCCCCCCCCCCCCCCCCCCCCCCCC. The molecule has 0 spiro atoms. The molecule has 0 radical (unpaired) electrons. The Labute approximate surface area is 467 Å². The second-order valence-electron chi connectivity index (χ2n) is 22.4. The van der Waals surface area contributed by atoms with Crippen molar-refractivity contribution in [2.24, 2.45) is 0 Å². The predicted octanol–water partition coefficient (Wildman–Crippen LogP) is 22.6. The standard InChI is InChI=1S/C69H126O6/c1-4-7-10-13-16-19-22-25-27-28-29-30-31-32-33-34-35-36-37-38-39-40-41-43-44-47-50-53-56-59-62-68(71)74-65-66(64-73-67(70)61-58-55-52-49-46-24-21-18-15-12-9-6-3)75-69(72)63-60-57-54-51-48-45-42-26-23-20-17-14-11-8-5-2/h8,11,17-18,20-21,26,42,66H,4-7,9-10,12-16,19,22-25,27-41,43-65H2,1-3H3/b11-8-,20-17-,21-18-,42-26-. The van der Waals surface area contributed by atoms with Gasteiger partial charge in [0.2, 0.25) is 0 Å². The van der Waals surface area contributed by atoms with Crippen LogP contribution in [0.4, 0.5) is 0 Å². The van der Waals surface area contributed by atoms with Gasteiger partial charge in [0, 0.05) is 19.3 Å². The minimum Gasteiger partial charge on any atom is -0.462 e. The summed E-state index contributed by atoms with van der Waals surface area (Å²) in [6, 6.07) is 0. The lowest BCUT2D eigenvalue weighted by molar-refractivity contribution is -0.167. The van der Waals surface area contributed by atoms with E-state index in [9.17, 15) is 14.4 Å². The van der Waals surface area contributed by atoms with Crippen LogP contribution in [0, 0.1) is 0 Å². The molecule has 6 nitrogen and oxygen atoms in total. The van der Waals surface area contributed by atoms with E-state index in [1.165, 1.54) is 212 Å². The fourth-order valence-electron chi connectivity index (χ4n) is 9.87. The molecule has 0 aromatic rings. The molecule has 0 saturated heterocycles. The Balaban J connectivity index is 4.12. The Kier molecular flexibility index (Phi) is 61.7. The van der Waals surface area contributed by atoms with E-state index in [-0.39, 0.29) is 31.1 Å². The van der Waals surface area contributed by atoms with Gasteiger partial charge in [-0.25, -0.2) is 0 Å². The van der Waals surface area contributed by atoms with Crippen LogP contribution in [0.3, 0.4) is 0 Å². The van der Waals surface area contributed by atoms with Gasteiger partial charge in [0.15, 0.2) is 6.10 Å². The summed E-state index contributed by atoms with van der Waals surface area (Å²) < 4.78 is 16.9. The maximum atomic E-state index is 12.9. The first-order valence-electron chi connectivity index (χ1n) is 33.1. The number of allylic oxidation sites excluding steroid dienone is 8. The molecule has 0 amide bonds. The van der Waals surface area contributed by atoms with E-state index >= 15 is 0 Å². The molecule has 0 heterocycles. The molecule has 0 rings (SSSR count). The largest absolute Gasteiger partial charge is 0.462 e. The van der Waals surface area contributed by atoms with E-state index in [2.05, 4.69) is 69.4 Å². The van der Waals surface area contributed by atoms with Crippen molar-refractivity contribution in [3.05, 3.63) is 48.6 Å². The van der Waals surface area contributed by atoms with E-state index < -0.39 is 6.10 Å². The molecule has 1 atom stereocenters. The van der Waals surface area contributed by atoms with Crippen LogP contribution in [0.5, 0.6) is 0 Å². The summed E-state index contributed by atoms with van der Waals surface area (Å²) in [6.45, 7) is 6.53. The molecule has 6 heteroatoms. The molecule has 0 aliphatic carbocycles. The first-order valence-corrected chi connectivity index (χ1v) is 33.1. The Morgan fingerprint density at radius 1 is 0.280 bits per heavy atom. The van der Waals surface area contributed by atoms with Gasteiger partial charge in [-0.05, 0) is 77.0 Å². The lowest BCUT2D eigenvalue weighted by Crippen LogP contribution is -2.30. The second kappa shape index (κ2) is 63.9. The van der Waals surface area contributed by atoms with Crippen LogP contribution < -0.4 is 0 Å². The number of esters is 3. The number of carbonyl (C=O) groups excluding carboxylic acids is 3. The number of carbonyl (C=O) groups is 3. The lowest BCUT2D eigenvalue weighted by atomic mass is 10.0. The predicted molar refractivity (Wildman–Crippen MR) is 325 cm³/mol. The van der Waals surface area contributed by atoms with Crippen LogP contribution in [0.1, 0.15) is 355 Å². The molecular formula is C69H126O6. The monoisotopic (exact) mass is 1050 g/mol. The van der Waals surface area contributed by atoms with E-state index in [4.69, 9.17) is 14.2 Å². The zero-order valence-corrected chi connectivity index (χ0v) is 50.3. The quantitative estimate of drug-likeness (QED) is 0.0261. The van der Waals surface area contributed by atoms with E-state index in [0.717, 1.165) is 103 Å². The number of hydrogen-bond acceptors (Lipinski definition) is 6. The van der Waals surface area contributed by atoms with Gasteiger partial charge in [-0.2, -0.15) is 0 Å². The highest BCUT2D eigenvalue weighted by Crippen LogP contribution is 2.18. The summed E-state index contributed by atoms with van der Waals surface area (Å²) >= 11 is 0. The first-order chi connectivity index (χ1) is 37.0. The van der Waals surface area contributed by atoms with Crippen LogP contribution in [0.2, 0.25) is 0 Å². The summed E-state index contributed by atoms with van der Waals surface area (Å²) in [5.41, 5.74) is 0. The summed E-state index contributed by atoms with van der Waals surface area (Å²) in [6.07, 6.45) is 80.1. The summed E-state index contributed by atoms with van der Waals surface area (Å²) in [7, 11) is 0. The van der Waals surface area contributed by atoms with Crippen molar-refractivity contribution >= 4 is 17.9 Å². The topological polar surface area (TPSA) is 78.9 Å². The van der Waals surface area contributed by atoms with E-state index in [1.807, 2.05) is 0 Å². The van der Waals surface area contributed by atoms with Crippen LogP contribution in [-0.2, 0) is 28.6 Å². The van der Waals surface area contributed by atoms with E-state index in [1.54, 1.807) is 0 Å². The van der Waals surface area contributed by atoms with Gasteiger partial charge in [0.1, 0.15) is 13.2 Å². The van der Waals surface area contributed by atoms with Crippen LogP contribution in [0.25, 0.3) is 0 Å². The third kappa shape index (κ3) is 62.1. The van der Waals surface area contributed by atoms with Crippen molar-refractivity contribution in [3.8, 4) is 0 Å². The van der Waals surface area contributed by atoms with Crippen LogP contribution in [0.15, 0.2) is 48.6 Å². The summed E-state index contributed by atoms with van der Waals surface area (Å²) in [5.74, 6) is -0.888. The second-order valence-corrected chi connectivity index (χ2v) is 22.4. The molecule has 0 aliphatic rings. The Morgan fingerprint density at radius 3 is 0.853 bits per heavy atom.